The van der Waals surface area contributed by atoms with E-state index in [1.54, 1.807) is 0 Å². The quantitative estimate of drug-likeness (QED) is 0.660. The molecule has 2 rings (SSSR count). The summed E-state index contributed by atoms with van der Waals surface area (Å²) < 4.78 is 38.6. The monoisotopic (exact) mass is 319 g/mol. The average molecular weight is 319 g/mol. The number of halogens is 3. The van der Waals surface area contributed by atoms with Gasteiger partial charge in [-0.1, -0.05) is 6.07 Å². The Morgan fingerprint density at radius 1 is 1.45 bits per heavy atom. The van der Waals surface area contributed by atoms with Gasteiger partial charge in [-0.05, 0) is 18.6 Å². The summed E-state index contributed by atoms with van der Waals surface area (Å²) in [4.78, 5) is 21.8. The van der Waals surface area contributed by atoms with Gasteiger partial charge in [0.15, 0.2) is 0 Å². The van der Waals surface area contributed by atoms with E-state index in [4.69, 9.17) is 5.11 Å². The first-order valence-electron chi connectivity index (χ1n) is 6.29. The number of para-hydroxylation sites is 1. The summed E-state index contributed by atoms with van der Waals surface area (Å²) in [6.07, 6.45) is -5.62. The highest BCUT2D eigenvalue weighted by Gasteiger charge is 2.40. The van der Waals surface area contributed by atoms with Gasteiger partial charge in [0, 0.05) is 19.1 Å². The molecule has 120 valence electrons. The van der Waals surface area contributed by atoms with E-state index in [1.807, 2.05) is 0 Å². The van der Waals surface area contributed by atoms with Crippen LogP contribution in [0.15, 0.2) is 18.2 Å². The Balaban J connectivity index is 2.28. The highest BCUT2D eigenvalue weighted by atomic mass is 19.4. The topological polar surface area (TPSA) is 95.7 Å². The van der Waals surface area contributed by atoms with Gasteiger partial charge in [-0.15, -0.1) is 0 Å². The second-order valence-electron chi connectivity index (χ2n) is 4.82. The number of anilines is 1. The minimum Gasteiger partial charge on any atom is -0.465 e. The molecule has 22 heavy (non-hydrogen) atoms. The number of carbonyl (C=O) groups is 1. The van der Waals surface area contributed by atoms with Gasteiger partial charge in [-0.25, -0.2) is 4.79 Å². The van der Waals surface area contributed by atoms with Crippen LogP contribution in [-0.4, -0.2) is 40.2 Å². The number of rotatable bonds is 3. The fourth-order valence-electron chi connectivity index (χ4n) is 2.36. The first-order chi connectivity index (χ1) is 10.2. The Morgan fingerprint density at radius 2 is 2.14 bits per heavy atom. The number of hydrogen-bond acceptors (Lipinski definition) is 4. The Hall–Kier alpha value is -2.52. The molecule has 0 saturated carbocycles. The number of nitro groups is 1. The SMILES string of the molecule is O=C(O)N1CC[C@H](Nc2cccc(C(F)(F)F)c2[N+](=O)[O-])C1. The van der Waals surface area contributed by atoms with Crippen LogP contribution in [0, 0.1) is 10.1 Å². The van der Waals surface area contributed by atoms with Gasteiger partial charge in [-0.3, -0.25) is 10.1 Å². The maximum absolute atomic E-state index is 12.9. The lowest BCUT2D eigenvalue weighted by Crippen LogP contribution is -2.30. The Morgan fingerprint density at radius 3 is 2.64 bits per heavy atom. The number of amides is 1. The lowest BCUT2D eigenvalue weighted by atomic mass is 10.1. The Bertz CT molecular complexity index is 606. The fraction of sp³-hybridized carbons (Fsp3) is 0.417. The van der Waals surface area contributed by atoms with Gasteiger partial charge >= 0.3 is 18.0 Å². The summed E-state index contributed by atoms with van der Waals surface area (Å²) in [7, 11) is 0. The maximum atomic E-state index is 12.9. The Labute approximate surface area is 122 Å². The molecular weight excluding hydrogens is 307 g/mol. The summed E-state index contributed by atoms with van der Waals surface area (Å²) in [5, 5.41) is 22.5. The fourth-order valence-corrected chi connectivity index (χ4v) is 2.36. The van der Waals surface area contributed by atoms with E-state index in [2.05, 4.69) is 5.32 Å². The number of nitro benzene ring substituents is 1. The van der Waals surface area contributed by atoms with Gasteiger partial charge < -0.3 is 15.3 Å². The second kappa shape index (κ2) is 5.70. The largest absolute Gasteiger partial charge is 0.465 e. The number of hydrogen-bond donors (Lipinski definition) is 2. The van der Waals surface area contributed by atoms with Crippen molar-refractivity contribution in [2.45, 2.75) is 18.6 Å². The van der Waals surface area contributed by atoms with Crippen LogP contribution in [0.5, 0.6) is 0 Å². The zero-order chi connectivity index (χ0) is 16.5. The van der Waals surface area contributed by atoms with Crippen LogP contribution in [-0.2, 0) is 6.18 Å². The molecule has 1 aromatic carbocycles. The van der Waals surface area contributed by atoms with Gasteiger partial charge in [0.05, 0.1) is 4.92 Å². The van der Waals surface area contributed by atoms with Crippen molar-refractivity contribution < 1.29 is 28.0 Å². The smallest absolute Gasteiger partial charge is 0.423 e. The molecular formula is C12H12F3N3O4. The van der Waals surface area contributed by atoms with Crippen molar-refractivity contribution in [3.8, 4) is 0 Å². The van der Waals surface area contributed by atoms with Crippen LogP contribution in [0.3, 0.4) is 0 Å². The number of nitrogens with zero attached hydrogens (tertiary/aromatic N) is 2. The van der Waals surface area contributed by atoms with Crippen molar-refractivity contribution in [2.75, 3.05) is 18.4 Å². The molecule has 1 aliphatic rings. The van der Waals surface area contributed by atoms with Crippen LogP contribution in [0.4, 0.5) is 29.3 Å². The summed E-state index contributed by atoms with van der Waals surface area (Å²) in [6.45, 7) is 0.280. The van der Waals surface area contributed by atoms with Crippen LogP contribution in [0.2, 0.25) is 0 Å². The molecule has 0 aliphatic carbocycles. The summed E-state index contributed by atoms with van der Waals surface area (Å²) in [5.74, 6) is 0. The van der Waals surface area contributed by atoms with E-state index in [-0.39, 0.29) is 18.8 Å². The molecule has 1 aliphatic heterocycles. The lowest BCUT2D eigenvalue weighted by Gasteiger charge is -2.16. The molecule has 0 radical (unpaired) electrons. The van der Waals surface area contributed by atoms with Crippen LogP contribution in [0.25, 0.3) is 0 Å². The molecule has 0 spiro atoms. The van der Waals surface area contributed by atoms with Crippen LogP contribution < -0.4 is 5.32 Å². The number of likely N-dealkylation sites (tertiary alicyclic amines) is 1. The van der Waals surface area contributed by atoms with Crippen molar-refractivity contribution in [2.24, 2.45) is 0 Å². The molecule has 10 heteroatoms. The summed E-state index contributed by atoms with van der Waals surface area (Å²) >= 11 is 0. The standard InChI is InChI=1S/C12H12F3N3O4/c13-12(14,15)8-2-1-3-9(10(8)18(21)22)16-7-4-5-17(6-7)11(19)20/h1-3,7,16H,4-6H2,(H,19,20)/t7-/m0/s1. The number of alkyl halides is 3. The third kappa shape index (κ3) is 3.21. The predicted molar refractivity (Wildman–Crippen MR) is 69.7 cm³/mol. The molecule has 1 fully saturated rings. The second-order valence-corrected chi connectivity index (χ2v) is 4.82. The molecule has 1 amide bonds. The van der Waals surface area contributed by atoms with Gasteiger partial charge in [0.1, 0.15) is 11.3 Å². The van der Waals surface area contributed by atoms with Crippen LogP contribution in [0.1, 0.15) is 12.0 Å². The molecule has 1 aromatic rings. The summed E-state index contributed by atoms with van der Waals surface area (Å²) in [5.41, 5.74) is -2.66. The molecule has 1 heterocycles. The number of nitrogens with one attached hydrogen (secondary N) is 1. The van der Waals surface area contributed by atoms with E-state index in [9.17, 15) is 28.1 Å². The van der Waals surface area contributed by atoms with Crippen molar-refractivity contribution in [1.82, 2.24) is 4.90 Å². The zero-order valence-electron chi connectivity index (χ0n) is 11.1. The van der Waals surface area contributed by atoms with Crippen molar-refractivity contribution >= 4 is 17.5 Å². The number of carboxylic acid groups (broad SMARTS) is 1. The highest BCUT2D eigenvalue weighted by molar-refractivity contribution is 5.68. The van der Waals surface area contributed by atoms with Crippen molar-refractivity contribution in [3.63, 3.8) is 0 Å². The molecule has 7 nitrogen and oxygen atoms in total. The molecule has 1 atom stereocenters. The van der Waals surface area contributed by atoms with E-state index in [0.29, 0.717) is 12.5 Å². The predicted octanol–water partition coefficient (Wildman–Crippen LogP) is 2.78. The van der Waals surface area contributed by atoms with E-state index in [1.165, 1.54) is 6.07 Å². The molecule has 2 N–H and O–H groups in total. The Kier molecular flexibility index (Phi) is 4.11. The number of benzene rings is 1. The van der Waals surface area contributed by atoms with E-state index in [0.717, 1.165) is 11.0 Å². The van der Waals surface area contributed by atoms with Gasteiger partial charge in [0.2, 0.25) is 0 Å². The molecule has 0 unspecified atom stereocenters. The molecule has 0 bridgehead atoms. The molecule has 0 aromatic heterocycles. The first kappa shape index (κ1) is 15.9. The van der Waals surface area contributed by atoms with Crippen molar-refractivity contribution in [1.29, 1.82) is 0 Å². The van der Waals surface area contributed by atoms with Gasteiger partial charge in [0.25, 0.3) is 0 Å². The first-order valence-corrected chi connectivity index (χ1v) is 6.29. The average Bonchev–Trinajstić information content (AvgIpc) is 2.86. The highest BCUT2D eigenvalue weighted by Crippen LogP contribution is 2.40. The maximum Gasteiger partial charge on any atom is 0.423 e. The minimum atomic E-state index is -4.84. The van der Waals surface area contributed by atoms with E-state index >= 15 is 0 Å². The third-order valence-corrected chi connectivity index (χ3v) is 3.34. The molecule has 1 saturated heterocycles. The van der Waals surface area contributed by atoms with Crippen LogP contribution >= 0.6 is 0 Å². The van der Waals surface area contributed by atoms with Crippen molar-refractivity contribution in [3.05, 3.63) is 33.9 Å². The van der Waals surface area contributed by atoms with E-state index < -0.39 is 34.5 Å². The zero-order valence-corrected chi connectivity index (χ0v) is 11.1. The minimum absolute atomic E-state index is 0.0583. The normalized spacial score (nSPS) is 18.3. The lowest BCUT2D eigenvalue weighted by molar-refractivity contribution is -0.387. The third-order valence-electron chi connectivity index (χ3n) is 3.34. The van der Waals surface area contributed by atoms with Gasteiger partial charge in [-0.2, -0.15) is 13.2 Å². The summed E-state index contributed by atoms with van der Waals surface area (Å²) in [6, 6.07) is 2.42.